The van der Waals surface area contributed by atoms with Crippen LogP contribution in [0.15, 0.2) is 42.1 Å². The Kier molecular flexibility index (Phi) is 4.83. The van der Waals surface area contributed by atoms with Crippen LogP contribution >= 0.6 is 23.2 Å². The Morgan fingerprint density at radius 2 is 1.84 bits per heavy atom. The molecule has 0 fully saturated rings. The van der Waals surface area contributed by atoms with E-state index in [1.54, 1.807) is 18.2 Å². The summed E-state index contributed by atoms with van der Waals surface area (Å²) in [6.45, 7) is 0.111. The number of nitrogens with one attached hydrogen (secondary N) is 1. The number of carboxylic acid groups (broad SMARTS) is 1. The largest absolute Gasteiger partial charge is 0.477 e. The van der Waals surface area contributed by atoms with E-state index in [1.165, 1.54) is 24.3 Å². The van der Waals surface area contributed by atoms with Crippen LogP contribution in [0.3, 0.4) is 0 Å². The summed E-state index contributed by atoms with van der Waals surface area (Å²) in [7, 11) is 0. The van der Waals surface area contributed by atoms with Crippen LogP contribution in [-0.4, -0.2) is 23.8 Å². The lowest BCUT2D eigenvalue weighted by Crippen LogP contribution is -2.27. The molecule has 0 spiro atoms. The van der Waals surface area contributed by atoms with E-state index in [0.717, 1.165) is 0 Å². The van der Waals surface area contributed by atoms with E-state index >= 15 is 0 Å². The lowest BCUT2D eigenvalue weighted by atomic mass is 10.1. The maximum absolute atomic E-state index is 12.3. The number of carbonyl (C=O) groups is 2. The fraction of sp³-hybridized carbons (Fsp3) is 0.0588. The van der Waals surface area contributed by atoms with Gasteiger partial charge in [-0.1, -0.05) is 29.3 Å². The predicted molar refractivity (Wildman–Crippen MR) is 92.1 cm³/mol. The first-order chi connectivity index (χ1) is 11.9. The standard InChI is InChI=1S/C17H11Cl2NO5/c18-10-2-3-11(12(19)7-10)16(21)20-13(17(22)23)5-9-1-4-14-15(6-9)25-8-24-14/h1-7H,8H2,(H,20,21)(H,22,23). The van der Waals surface area contributed by atoms with Gasteiger partial charge in [0.1, 0.15) is 5.70 Å². The number of hydrogen-bond acceptors (Lipinski definition) is 4. The quantitative estimate of drug-likeness (QED) is 0.793. The number of hydrogen-bond donors (Lipinski definition) is 2. The van der Waals surface area contributed by atoms with Crippen molar-refractivity contribution in [3.8, 4) is 11.5 Å². The number of halogens is 2. The fourth-order valence-corrected chi connectivity index (χ4v) is 2.68. The number of benzene rings is 2. The molecule has 0 saturated carbocycles. The minimum atomic E-state index is -1.30. The Morgan fingerprint density at radius 1 is 1.08 bits per heavy atom. The molecule has 0 bridgehead atoms. The summed E-state index contributed by atoms with van der Waals surface area (Å²) in [5, 5.41) is 12.2. The Balaban J connectivity index is 1.86. The Morgan fingerprint density at radius 3 is 2.56 bits per heavy atom. The topological polar surface area (TPSA) is 84.9 Å². The van der Waals surface area contributed by atoms with E-state index in [1.807, 2.05) is 0 Å². The third-order valence-corrected chi connectivity index (χ3v) is 3.91. The van der Waals surface area contributed by atoms with Gasteiger partial charge in [-0.2, -0.15) is 0 Å². The van der Waals surface area contributed by atoms with Gasteiger partial charge in [0.2, 0.25) is 6.79 Å². The van der Waals surface area contributed by atoms with Crippen LogP contribution in [0.25, 0.3) is 6.08 Å². The molecule has 3 rings (SSSR count). The van der Waals surface area contributed by atoms with Crippen LogP contribution < -0.4 is 14.8 Å². The van der Waals surface area contributed by atoms with Crippen LogP contribution in [0.5, 0.6) is 11.5 Å². The minimum absolute atomic E-state index is 0.111. The molecule has 128 valence electrons. The minimum Gasteiger partial charge on any atom is -0.477 e. The highest BCUT2D eigenvalue weighted by molar-refractivity contribution is 6.36. The molecule has 2 aromatic rings. The molecule has 25 heavy (non-hydrogen) atoms. The van der Waals surface area contributed by atoms with E-state index in [0.29, 0.717) is 22.1 Å². The molecule has 0 aliphatic carbocycles. The zero-order valence-electron chi connectivity index (χ0n) is 12.6. The second kappa shape index (κ2) is 7.04. The normalized spacial score (nSPS) is 12.8. The van der Waals surface area contributed by atoms with Crippen LogP contribution in [-0.2, 0) is 4.79 Å². The van der Waals surface area contributed by atoms with Crippen LogP contribution in [0.2, 0.25) is 10.0 Å². The maximum Gasteiger partial charge on any atom is 0.352 e. The Hall–Kier alpha value is -2.70. The monoisotopic (exact) mass is 379 g/mol. The molecular formula is C17H11Cl2NO5. The molecule has 2 aromatic carbocycles. The summed E-state index contributed by atoms with van der Waals surface area (Å²) in [4.78, 5) is 23.7. The van der Waals surface area contributed by atoms with Crippen molar-refractivity contribution in [2.45, 2.75) is 0 Å². The van der Waals surface area contributed by atoms with Crippen LogP contribution in [0.4, 0.5) is 0 Å². The van der Waals surface area contributed by atoms with Gasteiger partial charge >= 0.3 is 5.97 Å². The van der Waals surface area contributed by atoms with E-state index in [2.05, 4.69) is 5.32 Å². The van der Waals surface area contributed by atoms with Crippen molar-refractivity contribution in [1.29, 1.82) is 0 Å². The molecule has 1 heterocycles. The molecule has 0 radical (unpaired) electrons. The number of rotatable bonds is 4. The molecule has 1 aliphatic heterocycles. The van der Waals surface area contributed by atoms with Crippen LogP contribution in [0, 0.1) is 0 Å². The van der Waals surface area contributed by atoms with Crippen molar-refractivity contribution in [3.05, 3.63) is 63.3 Å². The third kappa shape index (κ3) is 3.87. The number of amides is 1. The molecule has 6 nitrogen and oxygen atoms in total. The molecule has 2 N–H and O–H groups in total. The summed E-state index contributed by atoms with van der Waals surface area (Å²) in [6.07, 6.45) is 1.31. The molecule has 0 unspecified atom stereocenters. The third-order valence-electron chi connectivity index (χ3n) is 3.36. The molecule has 1 aliphatic rings. The molecule has 0 saturated heterocycles. The first kappa shape index (κ1) is 17.1. The summed E-state index contributed by atoms with van der Waals surface area (Å²) < 4.78 is 10.4. The fourth-order valence-electron chi connectivity index (χ4n) is 2.18. The number of carbonyl (C=O) groups excluding carboxylic acids is 1. The number of aliphatic carboxylic acids is 1. The summed E-state index contributed by atoms with van der Waals surface area (Å²) >= 11 is 11.8. The Labute approximate surface area is 152 Å². The van der Waals surface area contributed by atoms with Crippen molar-refractivity contribution < 1.29 is 24.2 Å². The highest BCUT2D eigenvalue weighted by Crippen LogP contribution is 2.33. The molecule has 0 atom stereocenters. The lowest BCUT2D eigenvalue weighted by Gasteiger charge is -2.08. The molecule has 1 amide bonds. The molecule has 0 aromatic heterocycles. The van der Waals surface area contributed by atoms with Gasteiger partial charge in [-0.25, -0.2) is 4.79 Å². The number of fused-ring (bicyclic) bond motifs is 1. The van der Waals surface area contributed by atoms with Gasteiger partial charge in [0, 0.05) is 5.02 Å². The average Bonchev–Trinajstić information content (AvgIpc) is 3.01. The van der Waals surface area contributed by atoms with Crippen molar-refractivity contribution >= 4 is 41.2 Å². The van der Waals surface area contributed by atoms with Gasteiger partial charge in [-0.3, -0.25) is 4.79 Å². The van der Waals surface area contributed by atoms with Crippen molar-refractivity contribution in [2.75, 3.05) is 6.79 Å². The second-order valence-corrected chi connectivity index (χ2v) is 5.90. The zero-order chi connectivity index (χ0) is 18.0. The maximum atomic E-state index is 12.3. The number of carboxylic acids is 1. The highest BCUT2D eigenvalue weighted by Gasteiger charge is 2.17. The van der Waals surface area contributed by atoms with Gasteiger partial charge in [-0.05, 0) is 42.0 Å². The Bertz CT molecular complexity index is 895. The van der Waals surface area contributed by atoms with Crippen molar-refractivity contribution in [2.24, 2.45) is 0 Å². The first-order valence-corrected chi connectivity index (χ1v) is 7.80. The SMILES string of the molecule is O=C(O)C(=Cc1ccc2c(c1)OCO2)NC(=O)c1ccc(Cl)cc1Cl. The summed E-state index contributed by atoms with van der Waals surface area (Å²) in [5.41, 5.74) is 0.336. The van der Waals surface area contributed by atoms with Gasteiger partial charge in [-0.15, -0.1) is 0 Å². The van der Waals surface area contributed by atoms with Gasteiger partial charge in [0.15, 0.2) is 11.5 Å². The van der Waals surface area contributed by atoms with Gasteiger partial charge in [0.25, 0.3) is 5.91 Å². The molecule has 8 heteroatoms. The average molecular weight is 380 g/mol. The van der Waals surface area contributed by atoms with Crippen molar-refractivity contribution in [3.63, 3.8) is 0 Å². The summed E-state index contributed by atoms with van der Waals surface area (Å²) in [5.74, 6) is -0.872. The van der Waals surface area contributed by atoms with E-state index in [-0.39, 0.29) is 23.1 Å². The van der Waals surface area contributed by atoms with Gasteiger partial charge < -0.3 is 19.9 Å². The van der Waals surface area contributed by atoms with E-state index in [4.69, 9.17) is 32.7 Å². The van der Waals surface area contributed by atoms with Crippen LogP contribution in [0.1, 0.15) is 15.9 Å². The van der Waals surface area contributed by atoms with Crippen molar-refractivity contribution in [1.82, 2.24) is 5.32 Å². The molecular weight excluding hydrogens is 369 g/mol. The van der Waals surface area contributed by atoms with Gasteiger partial charge in [0.05, 0.1) is 10.6 Å². The second-order valence-electron chi connectivity index (χ2n) is 5.05. The van der Waals surface area contributed by atoms with E-state index in [9.17, 15) is 14.7 Å². The van der Waals surface area contributed by atoms with E-state index < -0.39 is 11.9 Å². The first-order valence-electron chi connectivity index (χ1n) is 7.05. The zero-order valence-corrected chi connectivity index (χ0v) is 14.1. The highest BCUT2D eigenvalue weighted by atomic mass is 35.5. The number of ether oxygens (including phenoxy) is 2. The summed E-state index contributed by atoms with van der Waals surface area (Å²) in [6, 6.07) is 9.24. The smallest absolute Gasteiger partial charge is 0.352 e. The lowest BCUT2D eigenvalue weighted by molar-refractivity contribution is -0.132. The predicted octanol–water partition coefficient (Wildman–Crippen LogP) is 3.58.